The molecular weight excluding hydrogens is 1410 g/mol. The summed E-state index contributed by atoms with van der Waals surface area (Å²) in [6, 6.07) is 141. The Balaban J connectivity index is 0.000000141. The zero-order valence-electron chi connectivity index (χ0n) is 62.6. The fourth-order valence-corrected chi connectivity index (χ4v) is 16.9. The number of hydrogen-bond donors (Lipinski definition) is 0. The van der Waals surface area contributed by atoms with E-state index in [1.807, 2.05) is 133 Å². The molecule has 0 fully saturated rings. The summed E-state index contributed by atoms with van der Waals surface area (Å²) >= 11 is 0. The van der Waals surface area contributed by atoms with Gasteiger partial charge in [0.15, 0.2) is 34.9 Å². The van der Waals surface area contributed by atoms with Gasteiger partial charge in [-0.05, 0) is 193 Å². The van der Waals surface area contributed by atoms with Crippen LogP contribution in [0.15, 0.2) is 409 Å². The minimum atomic E-state index is 0.597. The second-order valence-electron chi connectivity index (χ2n) is 29.6. The lowest BCUT2D eigenvalue weighted by Gasteiger charge is -2.13. The second-order valence-corrected chi connectivity index (χ2v) is 29.6. The van der Waals surface area contributed by atoms with Gasteiger partial charge in [-0.3, -0.25) is 0 Å². The standard InChI is InChI=1S/C57H35N3O.C51H31N3O/c1-3-13-36(14-4-1)55-58-56(37-15-5-2-6-16-37)60-57(59-55)44-26-29-50-52-34-43(27-30-53(52)61-54(50)35-44)41-20-12-18-39(32-41)38-17-11-19-40(31-38)42-25-28-49-47-23-8-7-21-45(47)46-22-9-10-24-48(46)51(49)33-42;1-3-11-34(12-4-1)49-52-50(35-13-5-2-6-14-35)54-51(53-49)38-24-27-44-46-30-37(25-28-47(46)55-48(44)31-38)33-21-19-32(20-22-33)36-23-26-43-41-17-8-7-15-39(41)40-16-9-10-18-42(40)45(43)29-36/h1-35H;1-31H. The summed E-state index contributed by atoms with van der Waals surface area (Å²) in [5, 5.41) is 19.6. The summed E-state index contributed by atoms with van der Waals surface area (Å²) in [5.41, 5.74) is 20.4. The molecule has 19 aromatic carbocycles. The van der Waals surface area contributed by atoms with Crippen molar-refractivity contribution in [1.82, 2.24) is 29.9 Å². The van der Waals surface area contributed by atoms with E-state index in [-0.39, 0.29) is 0 Å². The fraction of sp³-hybridized carbons (Fsp3) is 0. The van der Waals surface area contributed by atoms with Gasteiger partial charge in [0.1, 0.15) is 22.3 Å². The van der Waals surface area contributed by atoms with Gasteiger partial charge in [0.25, 0.3) is 0 Å². The Labute approximate surface area is 667 Å². The molecule has 4 aromatic heterocycles. The number of rotatable bonds is 11. The minimum absolute atomic E-state index is 0.597. The van der Waals surface area contributed by atoms with Gasteiger partial charge >= 0.3 is 0 Å². The van der Waals surface area contributed by atoms with Crippen molar-refractivity contribution in [3.63, 3.8) is 0 Å². The van der Waals surface area contributed by atoms with Crippen LogP contribution in [0.25, 0.3) is 232 Å². The maximum absolute atomic E-state index is 6.48. The van der Waals surface area contributed by atoms with Gasteiger partial charge in [-0.25, -0.2) is 29.9 Å². The summed E-state index contributed by atoms with van der Waals surface area (Å²) in [4.78, 5) is 29.4. The predicted molar refractivity (Wildman–Crippen MR) is 479 cm³/mol. The van der Waals surface area contributed by atoms with Crippen molar-refractivity contribution in [3.05, 3.63) is 400 Å². The SMILES string of the molecule is c1ccc(-c2nc(-c3ccccc3)nc(-c3ccc4c(c3)oc3ccc(-c5ccc(-c6ccc7c8ccccc8c8ccccc8c7c6)cc5)cc34)n2)cc1.c1ccc(-c2nc(-c3ccccc3)nc(-c3ccc4c(c3)oc3ccc(-c5cccc(-c6cccc(-c7ccc8c9ccccc9c9ccccc9c8c7)c6)c5)cc34)n2)cc1. The molecule has 0 spiro atoms. The third-order valence-corrected chi connectivity index (χ3v) is 22.6. The van der Waals surface area contributed by atoms with E-state index < -0.39 is 0 Å². The third kappa shape index (κ3) is 12.2. The van der Waals surface area contributed by atoms with Crippen LogP contribution in [0.1, 0.15) is 0 Å². The predicted octanol–water partition coefficient (Wildman–Crippen LogP) is 28.8. The largest absolute Gasteiger partial charge is 0.456 e. The van der Waals surface area contributed by atoms with Gasteiger partial charge in [-0.15, -0.1) is 0 Å². The first-order valence-electron chi connectivity index (χ1n) is 39.1. The van der Waals surface area contributed by atoms with Crippen molar-refractivity contribution < 1.29 is 8.83 Å². The molecule has 0 N–H and O–H groups in total. The number of benzene rings is 19. The lowest BCUT2D eigenvalue weighted by Crippen LogP contribution is -2.00. The van der Waals surface area contributed by atoms with Crippen molar-refractivity contribution in [2.75, 3.05) is 0 Å². The van der Waals surface area contributed by atoms with Crippen LogP contribution in [0.3, 0.4) is 0 Å². The third-order valence-electron chi connectivity index (χ3n) is 22.6. The number of aromatic nitrogens is 6. The molecule has 0 aliphatic rings. The first-order valence-corrected chi connectivity index (χ1v) is 39.1. The van der Waals surface area contributed by atoms with Crippen LogP contribution in [-0.4, -0.2) is 29.9 Å². The van der Waals surface area contributed by atoms with Gasteiger partial charge < -0.3 is 8.83 Å². The molecule has 0 aliphatic heterocycles. The smallest absolute Gasteiger partial charge is 0.164 e. The molecule has 540 valence electrons. The first-order chi connectivity index (χ1) is 57.4. The Bertz CT molecular complexity index is 7630. The lowest BCUT2D eigenvalue weighted by molar-refractivity contribution is 0.668. The quantitative estimate of drug-likeness (QED) is 0.118. The molecule has 116 heavy (non-hydrogen) atoms. The molecular formula is C108H66N6O2. The van der Waals surface area contributed by atoms with Crippen LogP contribution in [-0.2, 0) is 0 Å². The van der Waals surface area contributed by atoms with E-state index in [1.165, 1.54) is 98.0 Å². The fourth-order valence-electron chi connectivity index (χ4n) is 16.9. The number of nitrogens with zero attached hydrogens (tertiary/aromatic N) is 6. The van der Waals surface area contributed by atoms with E-state index in [9.17, 15) is 0 Å². The molecule has 0 amide bonds. The number of hydrogen-bond acceptors (Lipinski definition) is 8. The highest BCUT2D eigenvalue weighted by Gasteiger charge is 2.20. The molecule has 8 heteroatoms. The highest BCUT2D eigenvalue weighted by Crippen LogP contribution is 2.43. The van der Waals surface area contributed by atoms with E-state index >= 15 is 0 Å². The first kappa shape index (κ1) is 67.3. The van der Waals surface area contributed by atoms with Gasteiger partial charge in [0.05, 0.1) is 0 Å². The molecule has 0 unspecified atom stereocenters. The van der Waals surface area contributed by atoms with Gasteiger partial charge in [0.2, 0.25) is 0 Å². The summed E-state index contributed by atoms with van der Waals surface area (Å²) < 4.78 is 12.9. The molecule has 0 radical (unpaired) electrons. The summed E-state index contributed by atoms with van der Waals surface area (Å²) in [5.74, 6) is 3.72. The zero-order valence-corrected chi connectivity index (χ0v) is 62.6. The molecule has 23 rings (SSSR count). The van der Waals surface area contributed by atoms with Crippen LogP contribution in [0, 0.1) is 0 Å². The van der Waals surface area contributed by atoms with Gasteiger partial charge in [-0.1, -0.05) is 328 Å². The Morgan fingerprint density at radius 3 is 0.629 bits per heavy atom. The topological polar surface area (TPSA) is 104 Å². The molecule has 0 aliphatic carbocycles. The van der Waals surface area contributed by atoms with Crippen molar-refractivity contribution in [3.8, 4) is 124 Å². The van der Waals surface area contributed by atoms with Crippen LogP contribution in [0.2, 0.25) is 0 Å². The highest BCUT2D eigenvalue weighted by atomic mass is 16.3. The number of fused-ring (bicyclic) bond motifs is 18. The average molecular weight is 1480 g/mol. The normalized spacial score (nSPS) is 11.6. The molecule has 0 saturated carbocycles. The summed E-state index contributed by atoms with van der Waals surface area (Å²) in [6.45, 7) is 0. The molecule has 8 nitrogen and oxygen atoms in total. The molecule has 0 bridgehead atoms. The van der Waals surface area contributed by atoms with E-state index in [0.717, 1.165) is 99.5 Å². The van der Waals surface area contributed by atoms with E-state index in [4.69, 9.17) is 38.7 Å². The molecule has 0 saturated heterocycles. The van der Waals surface area contributed by atoms with Crippen LogP contribution >= 0.6 is 0 Å². The maximum atomic E-state index is 6.48. The highest BCUT2D eigenvalue weighted by molar-refractivity contribution is 6.27. The van der Waals surface area contributed by atoms with Crippen molar-refractivity contribution in [1.29, 1.82) is 0 Å². The minimum Gasteiger partial charge on any atom is -0.456 e. The second kappa shape index (κ2) is 28.3. The molecule has 4 heterocycles. The summed E-state index contributed by atoms with van der Waals surface area (Å²) in [6.07, 6.45) is 0. The van der Waals surface area contributed by atoms with Crippen LogP contribution in [0.4, 0.5) is 0 Å². The van der Waals surface area contributed by atoms with E-state index in [1.54, 1.807) is 0 Å². The maximum Gasteiger partial charge on any atom is 0.164 e. The number of furan rings is 2. The van der Waals surface area contributed by atoms with Crippen molar-refractivity contribution in [2.24, 2.45) is 0 Å². The Kier molecular flexibility index (Phi) is 16.4. The van der Waals surface area contributed by atoms with Gasteiger partial charge in [0, 0.05) is 54.9 Å². The monoisotopic (exact) mass is 1480 g/mol. The average Bonchev–Trinajstić information content (AvgIpc) is 1.07. The lowest BCUT2D eigenvalue weighted by atomic mass is 9.91. The molecule has 0 atom stereocenters. The Morgan fingerprint density at radius 1 is 0.112 bits per heavy atom. The molecule has 23 aromatic rings. The van der Waals surface area contributed by atoms with Crippen LogP contribution in [0.5, 0.6) is 0 Å². The Hall–Kier alpha value is -15.6. The Morgan fingerprint density at radius 2 is 0.319 bits per heavy atom. The van der Waals surface area contributed by atoms with Crippen molar-refractivity contribution in [2.45, 2.75) is 0 Å². The summed E-state index contributed by atoms with van der Waals surface area (Å²) in [7, 11) is 0. The zero-order chi connectivity index (χ0) is 76.6. The van der Waals surface area contributed by atoms with Gasteiger partial charge in [-0.2, -0.15) is 0 Å². The van der Waals surface area contributed by atoms with E-state index in [0.29, 0.717) is 34.9 Å². The van der Waals surface area contributed by atoms with Crippen molar-refractivity contribution >= 4 is 109 Å². The van der Waals surface area contributed by atoms with E-state index in [2.05, 4.69) is 267 Å². The van der Waals surface area contributed by atoms with Crippen LogP contribution < -0.4 is 0 Å².